The fourth-order valence-corrected chi connectivity index (χ4v) is 2.25. The average molecular weight is 323 g/mol. The molecule has 1 aromatic carbocycles. The fourth-order valence-electron chi connectivity index (χ4n) is 1.85. The molecule has 5 heteroatoms. The summed E-state index contributed by atoms with van der Waals surface area (Å²) in [5, 5.41) is 13.3. The van der Waals surface area contributed by atoms with Crippen molar-refractivity contribution in [2.24, 2.45) is 0 Å². The SMILES string of the molecule is CC(C)(C)n1nc(C(=O)O)cc1-c1cccc(Br)c1. The summed E-state index contributed by atoms with van der Waals surface area (Å²) in [5.74, 6) is -1.01. The van der Waals surface area contributed by atoms with Gasteiger partial charge >= 0.3 is 5.97 Å². The molecule has 100 valence electrons. The minimum Gasteiger partial charge on any atom is -0.476 e. The molecule has 0 amide bonds. The van der Waals surface area contributed by atoms with Crippen LogP contribution in [0.3, 0.4) is 0 Å². The van der Waals surface area contributed by atoms with Crippen LogP contribution in [0.4, 0.5) is 0 Å². The second-order valence-corrected chi connectivity index (χ2v) is 6.23. The topological polar surface area (TPSA) is 55.1 Å². The molecule has 0 saturated heterocycles. The average Bonchev–Trinajstić information content (AvgIpc) is 2.73. The quantitative estimate of drug-likeness (QED) is 0.915. The Morgan fingerprint density at radius 3 is 2.53 bits per heavy atom. The predicted molar refractivity (Wildman–Crippen MR) is 77.3 cm³/mol. The molecule has 19 heavy (non-hydrogen) atoms. The number of halogens is 1. The third-order valence-corrected chi connectivity index (χ3v) is 3.18. The van der Waals surface area contributed by atoms with E-state index in [9.17, 15) is 4.79 Å². The van der Waals surface area contributed by atoms with E-state index < -0.39 is 5.97 Å². The Hall–Kier alpha value is -1.62. The summed E-state index contributed by atoms with van der Waals surface area (Å²) >= 11 is 3.42. The Kier molecular flexibility index (Phi) is 3.49. The molecular weight excluding hydrogens is 308 g/mol. The first-order valence-corrected chi connectivity index (χ1v) is 6.68. The highest BCUT2D eigenvalue weighted by Gasteiger charge is 2.22. The second kappa shape index (κ2) is 4.81. The van der Waals surface area contributed by atoms with Crippen molar-refractivity contribution in [3.05, 3.63) is 40.5 Å². The van der Waals surface area contributed by atoms with Crippen molar-refractivity contribution >= 4 is 21.9 Å². The van der Waals surface area contributed by atoms with E-state index in [-0.39, 0.29) is 11.2 Å². The van der Waals surface area contributed by atoms with Crippen LogP contribution < -0.4 is 0 Å². The number of carboxylic acid groups (broad SMARTS) is 1. The smallest absolute Gasteiger partial charge is 0.356 e. The lowest BCUT2D eigenvalue weighted by Crippen LogP contribution is -2.24. The highest BCUT2D eigenvalue weighted by molar-refractivity contribution is 9.10. The van der Waals surface area contributed by atoms with E-state index in [2.05, 4.69) is 21.0 Å². The van der Waals surface area contributed by atoms with Gasteiger partial charge in [0, 0.05) is 10.0 Å². The minimum absolute atomic E-state index is 0.0601. The summed E-state index contributed by atoms with van der Waals surface area (Å²) in [6, 6.07) is 9.34. The normalized spacial score (nSPS) is 11.6. The van der Waals surface area contributed by atoms with Gasteiger partial charge in [-0.1, -0.05) is 28.1 Å². The lowest BCUT2D eigenvalue weighted by atomic mass is 10.1. The molecule has 0 radical (unpaired) electrons. The highest BCUT2D eigenvalue weighted by Crippen LogP contribution is 2.28. The van der Waals surface area contributed by atoms with Crippen LogP contribution in [0.1, 0.15) is 31.3 Å². The summed E-state index contributed by atoms with van der Waals surface area (Å²) < 4.78 is 2.70. The van der Waals surface area contributed by atoms with E-state index in [1.807, 2.05) is 45.0 Å². The Bertz CT molecular complexity index is 627. The molecule has 2 rings (SSSR count). The van der Waals surface area contributed by atoms with E-state index in [1.54, 1.807) is 10.7 Å². The van der Waals surface area contributed by atoms with Gasteiger partial charge in [0.15, 0.2) is 5.69 Å². The molecule has 0 aliphatic rings. The van der Waals surface area contributed by atoms with Crippen molar-refractivity contribution in [2.75, 3.05) is 0 Å². The molecule has 1 N–H and O–H groups in total. The van der Waals surface area contributed by atoms with Crippen LogP contribution >= 0.6 is 15.9 Å². The lowest BCUT2D eigenvalue weighted by molar-refractivity contribution is 0.0688. The molecule has 0 unspecified atom stereocenters. The summed E-state index contributed by atoms with van der Waals surface area (Å²) in [4.78, 5) is 11.1. The van der Waals surface area contributed by atoms with E-state index in [4.69, 9.17) is 5.11 Å². The Labute approximate surface area is 120 Å². The number of carboxylic acids is 1. The van der Waals surface area contributed by atoms with Gasteiger partial charge < -0.3 is 5.11 Å². The van der Waals surface area contributed by atoms with Crippen molar-refractivity contribution < 1.29 is 9.90 Å². The zero-order chi connectivity index (χ0) is 14.2. The van der Waals surface area contributed by atoms with Crippen LogP contribution in [0.25, 0.3) is 11.3 Å². The van der Waals surface area contributed by atoms with Crippen molar-refractivity contribution in [3.8, 4) is 11.3 Å². The van der Waals surface area contributed by atoms with Crippen LogP contribution in [0.5, 0.6) is 0 Å². The van der Waals surface area contributed by atoms with Gasteiger partial charge in [0.05, 0.1) is 11.2 Å². The van der Waals surface area contributed by atoms with Crippen LogP contribution in [0.15, 0.2) is 34.8 Å². The monoisotopic (exact) mass is 322 g/mol. The van der Waals surface area contributed by atoms with Crippen molar-refractivity contribution in [1.82, 2.24) is 9.78 Å². The molecule has 0 aliphatic heterocycles. The summed E-state index contributed by atoms with van der Waals surface area (Å²) in [6.45, 7) is 5.98. The van der Waals surface area contributed by atoms with Gasteiger partial charge in [0.25, 0.3) is 0 Å². The third-order valence-electron chi connectivity index (χ3n) is 2.68. The minimum atomic E-state index is -1.01. The van der Waals surface area contributed by atoms with Crippen LogP contribution in [-0.2, 0) is 5.54 Å². The van der Waals surface area contributed by atoms with Gasteiger partial charge in [0.2, 0.25) is 0 Å². The zero-order valence-corrected chi connectivity index (χ0v) is 12.6. The molecule has 0 saturated carbocycles. The molecule has 0 bridgehead atoms. The van der Waals surface area contributed by atoms with Gasteiger partial charge in [0.1, 0.15) is 0 Å². The van der Waals surface area contributed by atoms with Crippen LogP contribution in [-0.4, -0.2) is 20.9 Å². The molecule has 2 aromatic rings. The number of hydrogen-bond donors (Lipinski definition) is 1. The van der Waals surface area contributed by atoms with Gasteiger partial charge in [-0.2, -0.15) is 5.10 Å². The van der Waals surface area contributed by atoms with E-state index in [0.29, 0.717) is 0 Å². The summed E-state index contributed by atoms with van der Waals surface area (Å²) in [7, 11) is 0. The van der Waals surface area contributed by atoms with Gasteiger partial charge in [-0.05, 0) is 39.0 Å². The second-order valence-electron chi connectivity index (χ2n) is 5.31. The number of nitrogens with zero attached hydrogens (tertiary/aromatic N) is 2. The van der Waals surface area contributed by atoms with E-state index >= 15 is 0 Å². The van der Waals surface area contributed by atoms with Crippen LogP contribution in [0, 0.1) is 0 Å². The van der Waals surface area contributed by atoms with Gasteiger partial charge in [-0.3, -0.25) is 4.68 Å². The summed E-state index contributed by atoms with van der Waals surface area (Å²) in [5.41, 5.74) is 1.51. The molecular formula is C14H15BrN2O2. The van der Waals surface area contributed by atoms with Crippen molar-refractivity contribution in [3.63, 3.8) is 0 Å². The first kappa shape index (κ1) is 13.8. The third kappa shape index (κ3) is 2.87. The molecule has 0 spiro atoms. The fraction of sp³-hybridized carbons (Fsp3) is 0.286. The largest absolute Gasteiger partial charge is 0.476 e. The number of hydrogen-bond acceptors (Lipinski definition) is 2. The number of aromatic carboxylic acids is 1. The maximum Gasteiger partial charge on any atom is 0.356 e. The molecule has 4 nitrogen and oxygen atoms in total. The molecule has 0 aliphatic carbocycles. The van der Waals surface area contributed by atoms with Gasteiger partial charge in [-0.25, -0.2) is 4.79 Å². The van der Waals surface area contributed by atoms with Crippen molar-refractivity contribution in [2.45, 2.75) is 26.3 Å². The maximum absolute atomic E-state index is 11.1. The Morgan fingerprint density at radius 2 is 2.00 bits per heavy atom. The molecule has 0 fully saturated rings. The number of benzene rings is 1. The van der Waals surface area contributed by atoms with Crippen molar-refractivity contribution in [1.29, 1.82) is 0 Å². The number of aromatic nitrogens is 2. The van der Waals surface area contributed by atoms with Gasteiger partial charge in [-0.15, -0.1) is 0 Å². The Morgan fingerprint density at radius 1 is 1.32 bits per heavy atom. The number of rotatable bonds is 2. The maximum atomic E-state index is 11.1. The van der Waals surface area contributed by atoms with E-state index in [0.717, 1.165) is 15.7 Å². The van der Waals surface area contributed by atoms with Crippen LogP contribution in [0.2, 0.25) is 0 Å². The molecule has 1 aromatic heterocycles. The number of carbonyl (C=O) groups is 1. The standard InChI is InChI=1S/C14H15BrN2O2/c1-14(2,3)17-12(8-11(16-17)13(18)19)9-5-4-6-10(15)7-9/h4-8H,1-3H3,(H,18,19). The Balaban J connectivity index is 2.64. The lowest BCUT2D eigenvalue weighted by Gasteiger charge is -2.22. The molecule has 0 atom stereocenters. The predicted octanol–water partition coefficient (Wildman–Crippen LogP) is 3.77. The first-order chi connectivity index (χ1) is 8.79. The van der Waals surface area contributed by atoms with E-state index in [1.165, 1.54) is 0 Å². The molecule has 1 heterocycles. The zero-order valence-electron chi connectivity index (χ0n) is 11.0. The first-order valence-electron chi connectivity index (χ1n) is 5.89. The summed E-state index contributed by atoms with van der Waals surface area (Å²) in [6.07, 6.45) is 0. The highest BCUT2D eigenvalue weighted by atomic mass is 79.9.